The maximum Gasteiger partial charge on any atom is 0.375 e. The largest absolute Gasteiger partial charge is 0.460 e. The van der Waals surface area contributed by atoms with Gasteiger partial charge in [-0.3, -0.25) is 14.6 Å². The minimum atomic E-state index is -0.988. The lowest BCUT2D eigenvalue weighted by Gasteiger charge is -2.00. The molecule has 0 fully saturated rings. The fourth-order valence-corrected chi connectivity index (χ4v) is 1.30. The van der Waals surface area contributed by atoms with Crippen LogP contribution in [0.5, 0.6) is 0 Å². The van der Waals surface area contributed by atoms with Crippen molar-refractivity contribution in [2.24, 2.45) is 0 Å². The highest BCUT2D eigenvalue weighted by Gasteiger charge is 2.20. The zero-order chi connectivity index (χ0) is 12.8. The van der Waals surface area contributed by atoms with Gasteiger partial charge in [0.15, 0.2) is 5.78 Å². The number of halogens is 1. The molecule has 5 nitrogen and oxygen atoms in total. The lowest BCUT2D eigenvalue weighted by Crippen LogP contribution is -2.21. The first-order valence-electron chi connectivity index (χ1n) is 4.89. The van der Waals surface area contributed by atoms with Gasteiger partial charge >= 0.3 is 5.97 Å². The fourth-order valence-electron chi connectivity index (χ4n) is 1.06. The van der Waals surface area contributed by atoms with Crippen LogP contribution in [0.25, 0.3) is 0 Å². The zero-order valence-electron chi connectivity index (χ0n) is 9.10. The van der Waals surface area contributed by atoms with Crippen LogP contribution >= 0.6 is 15.9 Å². The van der Waals surface area contributed by atoms with E-state index >= 15 is 0 Å². The summed E-state index contributed by atoms with van der Waals surface area (Å²) in [6.45, 7) is 1.69. The molecule has 0 bridgehead atoms. The molecule has 0 spiro atoms. The molecule has 1 aromatic heterocycles. The number of Topliss-reactive ketones (excluding diaryl/α,β-unsaturated/α-hetero) is 2. The SMILES string of the molecule is CCOC(=O)C(=O)CC(=O)c1ccc(Br)cn1. The molecule has 0 aliphatic carbocycles. The molecule has 0 aliphatic heterocycles. The van der Waals surface area contributed by atoms with Gasteiger partial charge in [-0.2, -0.15) is 0 Å². The number of ketones is 2. The van der Waals surface area contributed by atoms with E-state index in [9.17, 15) is 14.4 Å². The summed E-state index contributed by atoms with van der Waals surface area (Å²) in [6, 6.07) is 3.11. The highest BCUT2D eigenvalue weighted by molar-refractivity contribution is 9.10. The third-order valence-electron chi connectivity index (χ3n) is 1.84. The van der Waals surface area contributed by atoms with Crippen molar-refractivity contribution in [3.05, 3.63) is 28.5 Å². The van der Waals surface area contributed by atoms with Gasteiger partial charge in [0.05, 0.1) is 13.0 Å². The van der Waals surface area contributed by atoms with E-state index in [1.807, 2.05) is 0 Å². The molecule has 0 saturated carbocycles. The van der Waals surface area contributed by atoms with E-state index in [0.717, 1.165) is 4.47 Å². The van der Waals surface area contributed by atoms with Gasteiger partial charge in [-0.25, -0.2) is 4.79 Å². The molecule has 0 radical (unpaired) electrons. The van der Waals surface area contributed by atoms with Gasteiger partial charge in [-0.05, 0) is 35.0 Å². The van der Waals surface area contributed by atoms with Crippen LogP contribution < -0.4 is 0 Å². The summed E-state index contributed by atoms with van der Waals surface area (Å²) in [5.74, 6) is -2.35. The summed E-state index contributed by atoms with van der Waals surface area (Å²) in [5, 5.41) is 0. The minimum Gasteiger partial charge on any atom is -0.460 e. The lowest BCUT2D eigenvalue weighted by atomic mass is 10.1. The van der Waals surface area contributed by atoms with Crippen molar-refractivity contribution >= 4 is 33.5 Å². The Morgan fingerprint density at radius 2 is 2.06 bits per heavy atom. The van der Waals surface area contributed by atoms with E-state index in [1.165, 1.54) is 12.3 Å². The molecule has 0 aromatic carbocycles. The number of hydrogen-bond donors (Lipinski definition) is 0. The van der Waals surface area contributed by atoms with Crippen molar-refractivity contribution in [1.82, 2.24) is 4.98 Å². The summed E-state index contributed by atoms with van der Waals surface area (Å²) in [5.41, 5.74) is 0.144. The van der Waals surface area contributed by atoms with Crippen molar-refractivity contribution in [3.8, 4) is 0 Å². The van der Waals surface area contributed by atoms with Crippen LogP contribution in [-0.4, -0.2) is 29.1 Å². The monoisotopic (exact) mass is 299 g/mol. The van der Waals surface area contributed by atoms with Gasteiger partial charge in [-0.15, -0.1) is 0 Å². The topological polar surface area (TPSA) is 73.3 Å². The van der Waals surface area contributed by atoms with E-state index in [2.05, 4.69) is 25.7 Å². The van der Waals surface area contributed by atoms with Gasteiger partial charge in [0.1, 0.15) is 5.69 Å². The molecular formula is C11H10BrNO4. The summed E-state index contributed by atoms with van der Waals surface area (Å²) in [4.78, 5) is 37.7. The Morgan fingerprint density at radius 3 is 2.59 bits per heavy atom. The molecule has 17 heavy (non-hydrogen) atoms. The highest BCUT2D eigenvalue weighted by Crippen LogP contribution is 2.09. The first-order valence-corrected chi connectivity index (χ1v) is 5.68. The number of rotatable bonds is 5. The van der Waals surface area contributed by atoms with Gasteiger partial charge in [0.25, 0.3) is 0 Å². The average molecular weight is 300 g/mol. The number of carbonyl (C=O) groups is 3. The molecule has 6 heteroatoms. The second-order valence-corrected chi connectivity index (χ2v) is 4.02. The van der Waals surface area contributed by atoms with Crippen LogP contribution in [0, 0.1) is 0 Å². The summed E-state index contributed by atoms with van der Waals surface area (Å²) >= 11 is 3.17. The standard InChI is InChI=1S/C11H10BrNO4/c1-2-17-11(16)10(15)5-9(14)8-4-3-7(12)6-13-8/h3-4,6H,2,5H2,1H3. The van der Waals surface area contributed by atoms with Crippen molar-refractivity contribution < 1.29 is 19.1 Å². The van der Waals surface area contributed by atoms with Crippen LogP contribution in [0.15, 0.2) is 22.8 Å². The summed E-state index contributed by atoms with van der Waals surface area (Å²) in [7, 11) is 0. The lowest BCUT2D eigenvalue weighted by molar-refractivity contribution is -0.153. The van der Waals surface area contributed by atoms with Gasteiger partial charge in [0, 0.05) is 10.7 Å². The maximum atomic E-state index is 11.6. The Labute approximate surface area is 106 Å². The van der Waals surface area contributed by atoms with E-state index in [4.69, 9.17) is 0 Å². The Hall–Kier alpha value is -1.56. The van der Waals surface area contributed by atoms with E-state index in [-0.39, 0.29) is 12.3 Å². The molecule has 1 heterocycles. The van der Waals surface area contributed by atoms with Crippen LogP contribution in [0.3, 0.4) is 0 Å². The van der Waals surface area contributed by atoms with E-state index in [0.29, 0.717) is 0 Å². The van der Waals surface area contributed by atoms with Crippen molar-refractivity contribution in [3.63, 3.8) is 0 Å². The van der Waals surface area contributed by atoms with Crippen molar-refractivity contribution in [2.75, 3.05) is 6.61 Å². The molecule has 0 aliphatic rings. The normalized spacial score (nSPS) is 9.76. The molecule has 0 atom stereocenters. The predicted octanol–water partition coefficient (Wildman–Crippen LogP) is 1.55. The Kier molecular flexibility index (Phi) is 4.96. The number of pyridine rings is 1. The molecule has 0 saturated heterocycles. The average Bonchev–Trinajstić information content (AvgIpc) is 2.30. The molecule has 0 N–H and O–H groups in total. The minimum absolute atomic E-state index is 0.106. The van der Waals surface area contributed by atoms with E-state index < -0.39 is 24.0 Å². The number of carbonyl (C=O) groups excluding carboxylic acids is 3. The molecule has 1 aromatic rings. The fraction of sp³-hybridized carbons (Fsp3) is 0.273. The number of esters is 1. The maximum absolute atomic E-state index is 11.6. The molecular weight excluding hydrogens is 290 g/mol. The number of hydrogen-bond acceptors (Lipinski definition) is 5. The Morgan fingerprint density at radius 1 is 1.35 bits per heavy atom. The highest BCUT2D eigenvalue weighted by atomic mass is 79.9. The van der Waals surface area contributed by atoms with Crippen molar-refractivity contribution in [2.45, 2.75) is 13.3 Å². The zero-order valence-corrected chi connectivity index (χ0v) is 10.7. The summed E-state index contributed by atoms with van der Waals surface area (Å²) < 4.78 is 5.22. The quantitative estimate of drug-likeness (QED) is 0.357. The number of nitrogens with zero attached hydrogens (tertiary/aromatic N) is 1. The van der Waals surface area contributed by atoms with Crippen LogP contribution in [0.4, 0.5) is 0 Å². The Bertz CT molecular complexity index is 441. The second-order valence-electron chi connectivity index (χ2n) is 3.11. The Balaban J connectivity index is 2.63. The van der Waals surface area contributed by atoms with Gasteiger partial charge in [0.2, 0.25) is 5.78 Å². The first-order chi connectivity index (χ1) is 8.04. The number of ether oxygens (including phenoxy) is 1. The van der Waals surface area contributed by atoms with Crippen LogP contribution in [0.2, 0.25) is 0 Å². The third kappa shape index (κ3) is 4.07. The summed E-state index contributed by atoms with van der Waals surface area (Å²) in [6.07, 6.45) is 0.926. The van der Waals surface area contributed by atoms with Crippen molar-refractivity contribution in [1.29, 1.82) is 0 Å². The van der Waals surface area contributed by atoms with Crippen LogP contribution in [-0.2, 0) is 14.3 Å². The molecule has 0 unspecified atom stereocenters. The smallest absolute Gasteiger partial charge is 0.375 e. The second kappa shape index (κ2) is 6.24. The van der Waals surface area contributed by atoms with Crippen LogP contribution in [0.1, 0.15) is 23.8 Å². The molecule has 0 amide bonds. The predicted molar refractivity (Wildman–Crippen MR) is 62.5 cm³/mol. The van der Waals surface area contributed by atoms with Gasteiger partial charge < -0.3 is 4.74 Å². The van der Waals surface area contributed by atoms with E-state index in [1.54, 1.807) is 13.0 Å². The number of aromatic nitrogens is 1. The first kappa shape index (κ1) is 13.5. The third-order valence-corrected chi connectivity index (χ3v) is 2.31. The molecule has 90 valence electrons. The van der Waals surface area contributed by atoms with Gasteiger partial charge in [-0.1, -0.05) is 0 Å². The molecule has 1 rings (SSSR count).